The summed E-state index contributed by atoms with van der Waals surface area (Å²) in [5.74, 6) is -5.34. The molecule has 30 bridgehead atoms. The maximum absolute atomic E-state index is 14.2. The molecule has 17 rings (SSSR count). The van der Waals surface area contributed by atoms with Gasteiger partial charge in [-0.2, -0.15) is 0 Å². The molecule has 12 atom stereocenters. The van der Waals surface area contributed by atoms with Crippen LogP contribution in [0.15, 0.2) is 190 Å². The second-order valence-electron chi connectivity index (χ2n) is 38.5. The standard InChI is InChI=1S/C111H126O19/c1-57-33-64(112)22-14-15-23-72-81-42-75(59(3)37-93(81)114)66-25-17-28-70-80-45-87(107(129-12)52-99(80)120)73-30-19-27-69-79-44-86(106(128-11)51-98(79)119)71-29-18-26-68(77(34-57)82-46-85(69)105(127-10)53-100(82)121)84-43-76(97(118)50-104(84)126-9)63(35-61(5)103(125-8)49-96(72)117)21-16-24-67(74-41-78(66)92(113)36-58(74)2)83-47-90(60(4)38-94(83)115)110(56-89(70)95(116)39-62(110)6)31-20-32-111(55-65(124-7)40-102(123)109(73)111)91-48-88(71)108(130-13)54-101(91)122/h33-34,36-54,63,66-73,77,112-123H,14-32,35,55-56H2,1-13H3/b57-34-,64-33+,96-49+,103-61+/t63-,66?,67+,68+,69?,70?,71-,72?,73?,77?,110+,111-/m0/s1. The molecule has 0 aromatic heterocycles. The third kappa shape index (κ3) is 15.8. The number of aliphatic hydroxyl groups excluding tert-OH is 4. The average molecular weight is 1760 g/mol. The topological polar surface area (TPSA) is 307 Å². The molecule has 0 aliphatic heterocycles. The Morgan fingerprint density at radius 2 is 0.754 bits per heavy atom. The van der Waals surface area contributed by atoms with E-state index >= 15 is 0 Å². The highest BCUT2D eigenvalue weighted by Crippen LogP contribution is 2.64. The molecule has 0 amide bonds. The van der Waals surface area contributed by atoms with E-state index in [-0.39, 0.29) is 120 Å². The number of phenols is 8. The van der Waals surface area contributed by atoms with Gasteiger partial charge in [0.25, 0.3) is 0 Å². The molecule has 9 aliphatic carbocycles. The van der Waals surface area contributed by atoms with E-state index in [4.69, 9.17) is 33.2 Å². The first-order valence-electron chi connectivity index (χ1n) is 46.5. The van der Waals surface area contributed by atoms with Crippen molar-refractivity contribution in [2.24, 2.45) is 0 Å². The summed E-state index contributed by atoms with van der Waals surface area (Å²) >= 11 is 0. The number of aryl methyl sites for hydroxylation is 3. The monoisotopic (exact) mass is 1760 g/mol. The molecule has 130 heavy (non-hydrogen) atoms. The lowest BCUT2D eigenvalue weighted by molar-refractivity contribution is 0.224. The van der Waals surface area contributed by atoms with Gasteiger partial charge in [0.15, 0.2) is 0 Å². The zero-order valence-electron chi connectivity index (χ0n) is 77.2. The van der Waals surface area contributed by atoms with E-state index in [1.54, 1.807) is 104 Å². The summed E-state index contributed by atoms with van der Waals surface area (Å²) < 4.78 is 46.2. The minimum absolute atomic E-state index is 0.0261. The van der Waals surface area contributed by atoms with Crippen LogP contribution in [-0.2, 0) is 20.3 Å². The molecule has 0 saturated heterocycles. The molecular formula is C111H126O19. The molecule has 0 radical (unpaired) electrons. The first kappa shape index (κ1) is 89.8. The molecule has 0 spiro atoms. The molecule has 0 heterocycles. The minimum atomic E-state index is -1.41. The van der Waals surface area contributed by atoms with E-state index in [2.05, 4.69) is 37.3 Å². The van der Waals surface area contributed by atoms with Crippen molar-refractivity contribution in [3.63, 3.8) is 0 Å². The number of fused-ring (bicyclic) bond motifs is 15. The zero-order chi connectivity index (χ0) is 92.0. The third-order valence-corrected chi connectivity index (χ3v) is 31.5. The van der Waals surface area contributed by atoms with Gasteiger partial charge in [-0.3, -0.25) is 0 Å². The maximum Gasteiger partial charge on any atom is 0.126 e. The van der Waals surface area contributed by atoms with Crippen molar-refractivity contribution in [1.82, 2.24) is 0 Å². The fourth-order valence-electron chi connectivity index (χ4n) is 25.2. The molecule has 6 unspecified atom stereocenters. The number of rotatable bonds is 7. The van der Waals surface area contributed by atoms with Crippen LogP contribution >= 0.6 is 0 Å². The summed E-state index contributed by atoms with van der Waals surface area (Å²) in [6, 6.07) is 30.3. The largest absolute Gasteiger partial charge is 0.512 e. The van der Waals surface area contributed by atoms with E-state index in [0.29, 0.717) is 225 Å². The second-order valence-corrected chi connectivity index (χ2v) is 38.5. The number of phenolic OH excluding ortho intramolecular Hbond substituents is 8. The van der Waals surface area contributed by atoms with Crippen molar-refractivity contribution in [2.75, 3.05) is 49.8 Å². The normalized spacial score (nSPS) is 27.1. The Bertz CT molecular complexity index is 6100. The third-order valence-electron chi connectivity index (χ3n) is 31.5. The van der Waals surface area contributed by atoms with Crippen LogP contribution in [0.5, 0.6) is 74.7 Å². The van der Waals surface area contributed by atoms with Gasteiger partial charge in [-0.1, -0.05) is 73.9 Å². The fourth-order valence-corrected chi connectivity index (χ4v) is 25.2. The molecule has 19 heteroatoms. The predicted octanol–water partition coefficient (Wildman–Crippen LogP) is 25.5. The summed E-state index contributed by atoms with van der Waals surface area (Å²) in [6.07, 6.45) is 16.3. The Labute approximate surface area is 763 Å². The van der Waals surface area contributed by atoms with Gasteiger partial charge in [0.2, 0.25) is 0 Å². The van der Waals surface area contributed by atoms with Crippen molar-refractivity contribution in [3.05, 3.63) is 296 Å². The molecule has 12 N–H and O–H groups in total. The Hall–Kier alpha value is -12.1. The quantitative estimate of drug-likeness (QED) is 0.0706. The summed E-state index contributed by atoms with van der Waals surface area (Å²) in [5.41, 5.74) is 13.1. The molecule has 0 saturated carbocycles. The van der Waals surface area contributed by atoms with Crippen LogP contribution in [0.1, 0.15) is 327 Å². The molecule has 684 valence electrons. The summed E-state index contributed by atoms with van der Waals surface area (Å²) in [7, 11) is 11.1. The number of hydrogen-bond acceptors (Lipinski definition) is 19. The van der Waals surface area contributed by atoms with E-state index in [0.717, 1.165) is 39.0 Å². The van der Waals surface area contributed by atoms with Crippen molar-refractivity contribution < 1.29 is 94.4 Å². The van der Waals surface area contributed by atoms with Gasteiger partial charge in [0, 0.05) is 175 Å². The smallest absolute Gasteiger partial charge is 0.126 e. The molecule has 8 aromatic carbocycles. The number of aromatic hydroxyl groups is 8. The predicted molar refractivity (Wildman–Crippen MR) is 504 cm³/mol. The lowest BCUT2D eigenvalue weighted by Gasteiger charge is -2.46. The number of methoxy groups -OCH3 is 7. The molecule has 19 nitrogen and oxygen atoms in total. The number of hydrogen-bond donors (Lipinski definition) is 12. The van der Waals surface area contributed by atoms with Gasteiger partial charge in [-0.05, 0) is 265 Å². The van der Waals surface area contributed by atoms with Crippen LogP contribution < -0.4 is 23.7 Å². The Kier molecular flexibility index (Phi) is 24.9. The van der Waals surface area contributed by atoms with Gasteiger partial charge >= 0.3 is 0 Å². The van der Waals surface area contributed by atoms with Crippen molar-refractivity contribution in [2.45, 2.75) is 253 Å². The van der Waals surface area contributed by atoms with Crippen LogP contribution in [0.4, 0.5) is 0 Å². The summed E-state index contributed by atoms with van der Waals surface area (Å²) in [5, 5.41) is 161. The number of allylic oxidation sites excluding steroid dienone is 13. The molecule has 9 aliphatic rings. The van der Waals surface area contributed by atoms with Crippen molar-refractivity contribution >= 4 is 0 Å². The Balaban J connectivity index is 1.10. The lowest BCUT2D eigenvalue weighted by Crippen LogP contribution is -2.38. The first-order chi connectivity index (χ1) is 62.5. The van der Waals surface area contributed by atoms with E-state index in [1.165, 1.54) is 0 Å². The highest BCUT2D eigenvalue weighted by Gasteiger charge is 2.52. The van der Waals surface area contributed by atoms with Crippen LogP contribution in [0.3, 0.4) is 0 Å². The lowest BCUT2D eigenvalue weighted by atomic mass is 9.58. The van der Waals surface area contributed by atoms with E-state index < -0.39 is 70.0 Å². The maximum atomic E-state index is 14.2. The van der Waals surface area contributed by atoms with Crippen LogP contribution in [0.2, 0.25) is 0 Å². The van der Waals surface area contributed by atoms with Crippen molar-refractivity contribution in [1.29, 1.82) is 0 Å². The fraction of sp³-hybridized carbons (Fsp3) is 0.423. The van der Waals surface area contributed by atoms with Crippen LogP contribution in [0.25, 0.3) is 0 Å². The van der Waals surface area contributed by atoms with Crippen LogP contribution in [-0.4, -0.2) is 111 Å². The average Bonchev–Trinajstić information content (AvgIpc) is 0.946. The number of ether oxygens (including phenoxy) is 7. The summed E-state index contributed by atoms with van der Waals surface area (Å²) in [6.45, 7) is 12.0. The van der Waals surface area contributed by atoms with Gasteiger partial charge in [-0.25, -0.2) is 0 Å². The minimum Gasteiger partial charge on any atom is -0.512 e. The highest BCUT2D eigenvalue weighted by molar-refractivity contribution is 5.67. The highest BCUT2D eigenvalue weighted by atomic mass is 16.5. The molecular weight excluding hydrogens is 1640 g/mol. The number of aliphatic hydroxyl groups is 4. The first-order valence-corrected chi connectivity index (χ1v) is 46.5. The van der Waals surface area contributed by atoms with Gasteiger partial charge in [-0.15, -0.1) is 0 Å². The van der Waals surface area contributed by atoms with E-state index in [9.17, 15) is 61.3 Å². The number of benzene rings is 8. The van der Waals surface area contributed by atoms with Gasteiger partial charge in [0.1, 0.15) is 104 Å². The van der Waals surface area contributed by atoms with Crippen LogP contribution in [0, 0.1) is 20.8 Å². The Morgan fingerprint density at radius 3 is 1.35 bits per heavy atom. The zero-order valence-corrected chi connectivity index (χ0v) is 77.2. The van der Waals surface area contributed by atoms with Crippen molar-refractivity contribution in [3.8, 4) is 74.7 Å². The van der Waals surface area contributed by atoms with Gasteiger partial charge < -0.3 is 94.4 Å². The molecule has 8 aromatic rings. The SMILES string of the molecule is COC1=CC(O)=C2C3CCCC4c5cc(c(OC)cc5O)[C@@H]5CCC[C@H]6c7cc(c(O)cc7OC)[C@H]7CCC[C@@H]8c9cc(c(O)cc9C)C(CCCC(C9=C(O)C=C(C)[C@@](CCC[C@]2(C1)c1cc5c(OC)cc1O)(C9)c1cc8c(O)cc1C)c1cc3c(OC)cc1O)c1cc(c(O)cc1C)C(CCCC/C(O)=C\C(C)=C/C6c1cc4c(OC)cc1O)/C(O)=C\C(OC)=C(\C)C7. The van der Waals surface area contributed by atoms with E-state index in [1.807, 2.05) is 77.1 Å². The summed E-state index contributed by atoms with van der Waals surface area (Å²) in [4.78, 5) is 0. The van der Waals surface area contributed by atoms with Gasteiger partial charge in [0.05, 0.1) is 55.5 Å². The molecule has 0 fully saturated rings. The second kappa shape index (κ2) is 36.0. The Morgan fingerprint density at radius 1 is 0.315 bits per heavy atom.